The maximum absolute atomic E-state index is 11.8. The van der Waals surface area contributed by atoms with E-state index < -0.39 is 6.29 Å². The molecular formula is C23H28O6. The highest BCUT2D eigenvalue weighted by atomic mass is 16.7. The number of carbonyl (C=O) groups is 1. The van der Waals surface area contributed by atoms with Crippen LogP contribution in [-0.2, 0) is 41.7 Å². The molecule has 2 aromatic rings. The van der Waals surface area contributed by atoms with Gasteiger partial charge in [-0.3, -0.25) is 4.79 Å². The van der Waals surface area contributed by atoms with E-state index in [9.17, 15) is 4.79 Å². The van der Waals surface area contributed by atoms with E-state index in [1.165, 1.54) is 0 Å². The van der Waals surface area contributed by atoms with Gasteiger partial charge in [-0.05, 0) is 18.1 Å². The molecule has 1 saturated heterocycles. The summed E-state index contributed by atoms with van der Waals surface area (Å²) in [7, 11) is 0. The van der Waals surface area contributed by atoms with Crippen LogP contribution >= 0.6 is 0 Å². The van der Waals surface area contributed by atoms with Crippen molar-refractivity contribution in [3.63, 3.8) is 0 Å². The Morgan fingerprint density at radius 3 is 1.76 bits per heavy atom. The van der Waals surface area contributed by atoms with Crippen molar-refractivity contribution in [3.05, 3.63) is 71.8 Å². The van der Waals surface area contributed by atoms with Gasteiger partial charge in [-0.1, -0.05) is 60.7 Å². The quantitative estimate of drug-likeness (QED) is 0.538. The molecule has 0 N–H and O–H groups in total. The number of hydrogen-bond donors (Lipinski definition) is 0. The highest BCUT2D eigenvalue weighted by molar-refractivity contribution is 5.69. The molecule has 0 spiro atoms. The predicted octanol–water partition coefficient (Wildman–Crippen LogP) is 3.48. The Bertz CT molecular complexity index is 667. The first-order valence-corrected chi connectivity index (χ1v) is 9.94. The zero-order valence-electron chi connectivity index (χ0n) is 16.7. The second-order valence-electron chi connectivity index (χ2n) is 6.79. The van der Waals surface area contributed by atoms with Crippen molar-refractivity contribution in [1.82, 2.24) is 0 Å². The first-order valence-electron chi connectivity index (χ1n) is 9.94. The number of rotatable bonds is 11. The maximum Gasteiger partial charge on any atom is 0.310 e. The maximum atomic E-state index is 11.8. The highest BCUT2D eigenvalue weighted by Gasteiger charge is 2.37. The first kappa shape index (κ1) is 21.5. The third kappa shape index (κ3) is 7.25. The third-order valence-corrected chi connectivity index (χ3v) is 4.49. The van der Waals surface area contributed by atoms with Gasteiger partial charge in [0.2, 0.25) is 0 Å². The lowest BCUT2D eigenvalue weighted by molar-refractivity contribution is -0.154. The number of benzene rings is 2. The van der Waals surface area contributed by atoms with Crippen molar-refractivity contribution < 1.29 is 28.5 Å². The van der Waals surface area contributed by atoms with Crippen LogP contribution in [0, 0.1) is 0 Å². The molecule has 3 atom stereocenters. The average molecular weight is 400 g/mol. The molecule has 1 aliphatic heterocycles. The van der Waals surface area contributed by atoms with Gasteiger partial charge in [-0.15, -0.1) is 0 Å². The smallest absolute Gasteiger partial charge is 0.310 e. The van der Waals surface area contributed by atoms with Crippen LogP contribution in [0.5, 0.6) is 0 Å². The first-order chi connectivity index (χ1) is 14.2. The van der Waals surface area contributed by atoms with Crippen LogP contribution < -0.4 is 0 Å². The molecule has 0 radical (unpaired) electrons. The molecule has 2 aromatic carbocycles. The van der Waals surface area contributed by atoms with Gasteiger partial charge in [-0.2, -0.15) is 0 Å². The lowest BCUT2D eigenvalue weighted by atomic mass is 10.2. The van der Waals surface area contributed by atoms with Crippen LogP contribution in [0.25, 0.3) is 0 Å². The van der Waals surface area contributed by atoms with Gasteiger partial charge >= 0.3 is 5.97 Å². The molecule has 6 heteroatoms. The van der Waals surface area contributed by atoms with E-state index in [2.05, 4.69) is 0 Å². The molecule has 1 heterocycles. The Balaban J connectivity index is 1.50. The van der Waals surface area contributed by atoms with Crippen LogP contribution in [0.15, 0.2) is 60.7 Å². The minimum atomic E-state index is -0.648. The fourth-order valence-electron chi connectivity index (χ4n) is 3.08. The van der Waals surface area contributed by atoms with Gasteiger partial charge in [0, 0.05) is 0 Å². The van der Waals surface area contributed by atoms with Gasteiger partial charge in [0.25, 0.3) is 0 Å². The summed E-state index contributed by atoms with van der Waals surface area (Å²) in [5.74, 6) is -0.340. The van der Waals surface area contributed by atoms with Crippen LogP contribution in [0.1, 0.15) is 24.5 Å². The average Bonchev–Trinajstić information content (AvgIpc) is 3.11. The largest absolute Gasteiger partial charge is 0.466 e. The summed E-state index contributed by atoms with van der Waals surface area (Å²) in [5, 5.41) is 0. The molecule has 0 aliphatic carbocycles. The molecule has 0 aromatic heterocycles. The van der Waals surface area contributed by atoms with E-state index in [1.54, 1.807) is 6.92 Å². The molecule has 0 amide bonds. The topological polar surface area (TPSA) is 63.2 Å². The predicted molar refractivity (Wildman–Crippen MR) is 107 cm³/mol. The normalized spacial score (nSPS) is 21.2. The van der Waals surface area contributed by atoms with Crippen LogP contribution in [-0.4, -0.2) is 44.3 Å². The van der Waals surface area contributed by atoms with Crippen molar-refractivity contribution in [3.8, 4) is 0 Å². The second-order valence-corrected chi connectivity index (χ2v) is 6.79. The molecule has 0 saturated carbocycles. The molecule has 156 valence electrons. The standard InChI is InChI=1S/C23H28O6/c1-2-27-22(24)13-23-28-20(16-25-14-18-9-5-3-6-10-18)21(29-23)17-26-15-19-11-7-4-8-12-19/h3-12,20-21,23H,2,13-17H2,1H3/t20-,21+,23?. The number of carbonyl (C=O) groups excluding carboxylic acids is 1. The van der Waals surface area contributed by atoms with Crippen molar-refractivity contribution in [2.75, 3.05) is 19.8 Å². The summed E-state index contributed by atoms with van der Waals surface area (Å²) in [6, 6.07) is 19.9. The zero-order chi connectivity index (χ0) is 20.3. The van der Waals surface area contributed by atoms with Crippen molar-refractivity contribution in [1.29, 1.82) is 0 Å². The van der Waals surface area contributed by atoms with Crippen molar-refractivity contribution in [2.24, 2.45) is 0 Å². The monoisotopic (exact) mass is 400 g/mol. The molecular weight excluding hydrogens is 372 g/mol. The SMILES string of the molecule is CCOC(=O)CC1O[C@@H](COCc2ccccc2)[C@@H](COCc2ccccc2)O1. The Kier molecular flexibility index (Phi) is 8.64. The lowest BCUT2D eigenvalue weighted by Crippen LogP contribution is -2.31. The highest BCUT2D eigenvalue weighted by Crippen LogP contribution is 2.23. The summed E-state index contributed by atoms with van der Waals surface area (Å²) in [6.07, 6.45) is -1.22. The fourth-order valence-corrected chi connectivity index (χ4v) is 3.08. The Morgan fingerprint density at radius 1 is 0.828 bits per heavy atom. The van der Waals surface area contributed by atoms with Gasteiger partial charge in [0.05, 0.1) is 39.5 Å². The van der Waals surface area contributed by atoms with Crippen LogP contribution in [0.3, 0.4) is 0 Å². The van der Waals surface area contributed by atoms with Gasteiger partial charge in [0.1, 0.15) is 12.2 Å². The van der Waals surface area contributed by atoms with E-state index in [0.717, 1.165) is 11.1 Å². The molecule has 1 aliphatic rings. The zero-order valence-corrected chi connectivity index (χ0v) is 16.7. The van der Waals surface area contributed by atoms with Crippen LogP contribution in [0.4, 0.5) is 0 Å². The van der Waals surface area contributed by atoms with Crippen molar-refractivity contribution in [2.45, 2.75) is 45.1 Å². The van der Waals surface area contributed by atoms with E-state index in [1.807, 2.05) is 60.7 Å². The van der Waals surface area contributed by atoms with Gasteiger partial charge in [-0.25, -0.2) is 0 Å². The Hall–Kier alpha value is -2.25. The van der Waals surface area contributed by atoms with Gasteiger partial charge in [0.15, 0.2) is 6.29 Å². The summed E-state index contributed by atoms with van der Waals surface area (Å²) < 4.78 is 28.4. The molecule has 29 heavy (non-hydrogen) atoms. The molecule has 0 bridgehead atoms. The summed E-state index contributed by atoms with van der Waals surface area (Å²) in [5.41, 5.74) is 2.18. The number of esters is 1. The second kappa shape index (κ2) is 11.7. The third-order valence-electron chi connectivity index (χ3n) is 4.49. The minimum absolute atomic E-state index is 0.0538. The van der Waals surface area contributed by atoms with Gasteiger partial charge < -0.3 is 23.7 Å². The summed E-state index contributed by atoms with van der Waals surface area (Å²) in [4.78, 5) is 11.8. The Morgan fingerprint density at radius 2 is 1.31 bits per heavy atom. The number of ether oxygens (including phenoxy) is 5. The van der Waals surface area contributed by atoms with E-state index in [-0.39, 0.29) is 24.6 Å². The molecule has 3 rings (SSSR count). The summed E-state index contributed by atoms with van der Waals surface area (Å²) >= 11 is 0. The minimum Gasteiger partial charge on any atom is -0.466 e. The van der Waals surface area contributed by atoms with E-state index in [0.29, 0.717) is 33.0 Å². The fraction of sp³-hybridized carbons (Fsp3) is 0.435. The molecule has 6 nitrogen and oxygen atoms in total. The Labute approximate surface area is 171 Å². The molecule has 1 unspecified atom stereocenters. The molecule has 1 fully saturated rings. The summed E-state index contributed by atoms with van der Waals surface area (Å²) in [6.45, 7) is 3.79. The lowest BCUT2D eigenvalue weighted by Gasteiger charge is -2.17. The number of hydrogen-bond acceptors (Lipinski definition) is 6. The van der Waals surface area contributed by atoms with E-state index >= 15 is 0 Å². The van der Waals surface area contributed by atoms with Crippen LogP contribution in [0.2, 0.25) is 0 Å². The van der Waals surface area contributed by atoms with Crippen molar-refractivity contribution >= 4 is 5.97 Å². The van der Waals surface area contributed by atoms with E-state index in [4.69, 9.17) is 23.7 Å².